The first-order chi connectivity index (χ1) is 13.7. The first-order valence-corrected chi connectivity index (χ1v) is 10.7. The summed E-state index contributed by atoms with van der Waals surface area (Å²) in [4.78, 5) is 19.0. The second-order valence-electron chi connectivity index (χ2n) is 7.98. The van der Waals surface area contributed by atoms with Gasteiger partial charge in [-0.05, 0) is 24.3 Å². The highest BCUT2D eigenvalue weighted by molar-refractivity contribution is 6.30. The fourth-order valence-corrected chi connectivity index (χ4v) is 4.55. The lowest BCUT2D eigenvalue weighted by Gasteiger charge is -2.38. The van der Waals surface area contributed by atoms with Crippen molar-refractivity contribution < 1.29 is 9.69 Å². The molecule has 148 valence electrons. The third-order valence-electron chi connectivity index (χ3n) is 6.12. The number of amides is 1. The van der Waals surface area contributed by atoms with E-state index >= 15 is 0 Å². The third-order valence-corrected chi connectivity index (χ3v) is 6.37. The maximum atomic E-state index is 13.0. The largest absolute Gasteiger partial charge is 0.368 e. The van der Waals surface area contributed by atoms with Gasteiger partial charge in [0.2, 0.25) is 5.91 Å². The summed E-state index contributed by atoms with van der Waals surface area (Å²) in [5, 5.41) is 0.787. The summed E-state index contributed by atoms with van der Waals surface area (Å²) in [6.07, 6.45) is 2.00. The summed E-state index contributed by atoms with van der Waals surface area (Å²) < 4.78 is 0. The molecule has 0 radical (unpaired) electrons. The molecule has 2 aliphatic heterocycles. The second-order valence-corrected chi connectivity index (χ2v) is 8.41. The number of nitrogens with zero attached hydrogens (tertiary/aromatic N) is 2. The minimum absolute atomic E-state index is 0.206. The van der Waals surface area contributed by atoms with Crippen molar-refractivity contribution >= 4 is 23.2 Å². The minimum atomic E-state index is 0.206. The quantitative estimate of drug-likeness (QED) is 0.857. The molecule has 2 fully saturated rings. The molecule has 0 aromatic heterocycles. The number of halogens is 1. The Morgan fingerprint density at radius 3 is 2.21 bits per heavy atom. The average Bonchev–Trinajstić information content (AvgIpc) is 2.76. The molecule has 4 rings (SSSR count). The number of para-hydroxylation sites is 1. The number of hydrogen-bond acceptors (Lipinski definition) is 2. The van der Waals surface area contributed by atoms with E-state index in [9.17, 15) is 4.79 Å². The van der Waals surface area contributed by atoms with E-state index in [0.29, 0.717) is 5.91 Å². The number of piperazine rings is 1. The number of hydrogen-bond donors (Lipinski definition) is 1. The minimum Gasteiger partial charge on any atom is -0.368 e. The number of nitrogens with one attached hydrogen (secondary N) is 1. The van der Waals surface area contributed by atoms with Crippen LogP contribution in [0.5, 0.6) is 0 Å². The molecular weight excluding hydrogens is 370 g/mol. The van der Waals surface area contributed by atoms with E-state index in [4.69, 9.17) is 11.6 Å². The van der Waals surface area contributed by atoms with E-state index in [1.165, 1.54) is 11.3 Å². The predicted molar refractivity (Wildman–Crippen MR) is 114 cm³/mol. The lowest BCUT2D eigenvalue weighted by Crippen LogP contribution is -3.11. The van der Waals surface area contributed by atoms with E-state index in [2.05, 4.69) is 46.2 Å². The molecule has 2 aromatic rings. The Kier molecular flexibility index (Phi) is 6.18. The lowest BCUT2D eigenvalue weighted by molar-refractivity contribution is -0.919. The number of piperidine rings is 1. The van der Waals surface area contributed by atoms with Crippen molar-refractivity contribution in [3.8, 4) is 0 Å². The Hall–Kier alpha value is -2.04. The molecule has 2 saturated heterocycles. The standard InChI is InChI=1S/C23H28ClN3O/c24-21-8-6-19(7-9-21)18-25-12-10-20(11-13-25)23(28)27-16-14-26(15-17-27)22-4-2-1-3-5-22/h1-9,20H,10-18H2/p+1. The number of carbonyl (C=O) groups excluding carboxylic acids is 1. The Bertz CT molecular complexity index is 764. The van der Waals surface area contributed by atoms with Crippen molar-refractivity contribution in [1.82, 2.24) is 4.90 Å². The summed E-state index contributed by atoms with van der Waals surface area (Å²) in [6, 6.07) is 18.6. The highest BCUT2D eigenvalue weighted by Gasteiger charge is 2.32. The molecule has 2 heterocycles. The summed E-state index contributed by atoms with van der Waals surface area (Å²) >= 11 is 5.97. The fourth-order valence-electron chi connectivity index (χ4n) is 4.42. The molecule has 2 aliphatic rings. The highest BCUT2D eigenvalue weighted by atomic mass is 35.5. The van der Waals surface area contributed by atoms with Crippen molar-refractivity contribution in [3.63, 3.8) is 0 Å². The van der Waals surface area contributed by atoms with Gasteiger partial charge in [-0.3, -0.25) is 4.79 Å². The van der Waals surface area contributed by atoms with Crippen LogP contribution in [0.2, 0.25) is 5.02 Å². The molecule has 1 N–H and O–H groups in total. The number of likely N-dealkylation sites (tertiary alicyclic amines) is 1. The summed E-state index contributed by atoms with van der Waals surface area (Å²) in [5.74, 6) is 0.579. The molecule has 0 aliphatic carbocycles. The predicted octanol–water partition coefficient (Wildman–Crippen LogP) is 2.48. The number of anilines is 1. The number of rotatable bonds is 4. The molecule has 5 heteroatoms. The Labute approximate surface area is 172 Å². The van der Waals surface area contributed by atoms with Gasteiger partial charge in [0, 0.05) is 61.2 Å². The molecule has 0 saturated carbocycles. The van der Waals surface area contributed by atoms with Crippen molar-refractivity contribution in [2.45, 2.75) is 19.4 Å². The first-order valence-electron chi connectivity index (χ1n) is 10.4. The van der Waals surface area contributed by atoms with E-state index in [-0.39, 0.29) is 5.92 Å². The van der Waals surface area contributed by atoms with E-state index in [1.54, 1.807) is 4.90 Å². The molecule has 0 unspecified atom stereocenters. The second kappa shape index (κ2) is 8.97. The molecule has 4 nitrogen and oxygen atoms in total. The van der Waals surface area contributed by atoms with Crippen LogP contribution in [0.25, 0.3) is 0 Å². The maximum Gasteiger partial charge on any atom is 0.226 e. The number of benzene rings is 2. The van der Waals surface area contributed by atoms with Gasteiger partial charge in [-0.25, -0.2) is 0 Å². The monoisotopic (exact) mass is 398 g/mol. The van der Waals surface area contributed by atoms with Crippen LogP contribution in [-0.4, -0.2) is 50.1 Å². The van der Waals surface area contributed by atoms with Crippen LogP contribution in [0.4, 0.5) is 5.69 Å². The molecule has 0 atom stereocenters. The normalized spacial score (nSPS) is 22.9. The van der Waals surface area contributed by atoms with Gasteiger partial charge in [0.05, 0.1) is 13.1 Å². The number of carbonyl (C=O) groups is 1. The first kappa shape index (κ1) is 19.3. The fraction of sp³-hybridized carbons (Fsp3) is 0.435. The topological polar surface area (TPSA) is 28.0 Å². The van der Waals surface area contributed by atoms with E-state index in [0.717, 1.165) is 63.7 Å². The van der Waals surface area contributed by atoms with Gasteiger partial charge < -0.3 is 14.7 Å². The Morgan fingerprint density at radius 2 is 1.57 bits per heavy atom. The van der Waals surface area contributed by atoms with Crippen LogP contribution < -0.4 is 9.80 Å². The van der Waals surface area contributed by atoms with Gasteiger partial charge in [0.15, 0.2) is 0 Å². The van der Waals surface area contributed by atoms with Gasteiger partial charge in [-0.15, -0.1) is 0 Å². The Balaban J connectivity index is 1.24. The van der Waals surface area contributed by atoms with Crippen LogP contribution in [0.15, 0.2) is 54.6 Å². The molecular formula is C23H29ClN3O+. The van der Waals surface area contributed by atoms with Crippen molar-refractivity contribution in [3.05, 3.63) is 65.2 Å². The molecule has 1 amide bonds. The lowest BCUT2D eigenvalue weighted by atomic mass is 9.94. The summed E-state index contributed by atoms with van der Waals surface area (Å²) in [5.41, 5.74) is 2.58. The van der Waals surface area contributed by atoms with Crippen molar-refractivity contribution in [1.29, 1.82) is 0 Å². The Morgan fingerprint density at radius 1 is 0.929 bits per heavy atom. The average molecular weight is 399 g/mol. The summed E-state index contributed by atoms with van der Waals surface area (Å²) in [6.45, 7) is 6.70. The van der Waals surface area contributed by atoms with Crippen molar-refractivity contribution in [2.75, 3.05) is 44.2 Å². The zero-order valence-electron chi connectivity index (χ0n) is 16.3. The highest BCUT2D eigenvalue weighted by Crippen LogP contribution is 2.19. The third kappa shape index (κ3) is 4.68. The van der Waals surface area contributed by atoms with Crippen LogP contribution in [0, 0.1) is 5.92 Å². The van der Waals surface area contributed by atoms with Gasteiger partial charge >= 0.3 is 0 Å². The van der Waals surface area contributed by atoms with Crippen LogP contribution in [0.3, 0.4) is 0 Å². The van der Waals surface area contributed by atoms with Crippen LogP contribution >= 0.6 is 11.6 Å². The van der Waals surface area contributed by atoms with Gasteiger partial charge in [-0.2, -0.15) is 0 Å². The van der Waals surface area contributed by atoms with Crippen LogP contribution in [-0.2, 0) is 11.3 Å². The molecule has 28 heavy (non-hydrogen) atoms. The number of quaternary nitrogens is 1. The van der Waals surface area contributed by atoms with Gasteiger partial charge in [0.25, 0.3) is 0 Å². The van der Waals surface area contributed by atoms with Crippen molar-refractivity contribution in [2.24, 2.45) is 5.92 Å². The molecule has 0 spiro atoms. The zero-order chi connectivity index (χ0) is 19.3. The molecule has 2 aromatic carbocycles. The molecule has 0 bridgehead atoms. The SMILES string of the molecule is O=C(C1CC[NH+](Cc2ccc(Cl)cc2)CC1)N1CCN(c2ccccc2)CC1. The van der Waals surface area contributed by atoms with Gasteiger partial charge in [-0.1, -0.05) is 41.9 Å². The van der Waals surface area contributed by atoms with E-state index < -0.39 is 0 Å². The van der Waals surface area contributed by atoms with Crippen LogP contribution in [0.1, 0.15) is 18.4 Å². The summed E-state index contributed by atoms with van der Waals surface area (Å²) in [7, 11) is 0. The zero-order valence-corrected chi connectivity index (χ0v) is 17.1. The van der Waals surface area contributed by atoms with Gasteiger partial charge in [0.1, 0.15) is 6.54 Å². The maximum absolute atomic E-state index is 13.0. The van der Waals surface area contributed by atoms with E-state index in [1.807, 2.05) is 18.2 Å². The smallest absolute Gasteiger partial charge is 0.226 e.